The molecule has 0 N–H and O–H groups in total. The zero-order valence-corrected chi connectivity index (χ0v) is 12.0. The maximum atomic E-state index is 12.3. The number of benzene rings is 3. The van der Waals surface area contributed by atoms with Crippen LogP contribution in [-0.4, -0.2) is 4.98 Å². The minimum Gasteiger partial charge on any atom is -0.403 e. The summed E-state index contributed by atoms with van der Waals surface area (Å²) in [4.78, 5) is 16.9. The van der Waals surface area contributed by atoms with Crippen LogP contribution < -0.4 is 5.63 Å². The Bertz CT molecular complexity index is 1060. The number of hydrogen-bond donors (Lipinski definition) is 0. The van der Waals surface area contributed by atoms with Crippen LogP contribution in [0.5, 0.6) is 0 Å². The van der Waals surface area contributed by atoms with Gasteiger partial charge >= 0.3 is 5.63 Å². The highest BCUT2D eigenvalue weighted by molar-refractivity contribution is 5.95. The number of hydrogen-bond acceptors (Lipinski definition) is 3. The van der Waals surface area contributed by atoms with Gasteiger partial charge < -0.3 is 4.42 Å². The van der Waals surface area contributed by atoms with Crippen molar-refractivity contribution in [2.24, 2.45) is 0 Å². The number of nitrogens with zero attached hydrogens (tertiary/aromatic N) is 1. The van der Waals surface area contributed by atoms with Crippen molar-refractivity contribution < 1.29 is 4.42 Å². The molecule has 0 unspecified atom stereocenters. The summed E-state index contributed by atoms with van der Waals surface area (Å²) < 4.78 is 5.50. The van der Waals surface area contributed by atoms with Crippen molar-refractivity contribution in [3.63, 3.8) is 0 Å². The molecule has 1 heterocycles. The van der Waals surface area contributed by atoms with Crippen molar-refractivity contribution in [2.75, 3.05) is 0 Å². The molecule has 3 aromatic carbocycles. The minimum absolute atomic E-state index is 0.342. The lowest BCUT2D eigenvalue weighted by Gasteiger charge is -2.06. The predicted octanol–water partition coefficient (Wildman–Crippen LogP) is 4.32. The third-order valence-electron chi connectivity index (χ3n) is 3.89. The Kier molecular flexibility index (Phi) is 2.79. The Morgan fingerprint density at radius 3 is 2.59 bits per heavy atom. The highest BCUT2D eigenvalue weighted by Gasteiger charge is 2.12. The second-order valence-electron chi connectivity index (χ2n) is 5.30. The molecule has 0 amide bonds. The van der Waals surface area contributed by atoms with Gasteiger partial charge in [0.2, 0.25) is 5.89 Å². The third kappa shape index (κ3) is 1.91. The van der Waals surface area contributed by atoms with E-state index in [1.807, 2.05) is 67.6 Å². The van der Waals surface area contributed by atoms with Crippen LogP contribution in [0.15, 0.2) is 69.9 Å². The van der Waals surface area contributed by atoms with Crippen LogP contribution in [0.4, 0.5) is 0 Å². The molecule has 1 aromatic heterocycles. The Morgan fingerprint density at radius 1 is 0.909 bits per heavy atom. The lowest BCUT2D eigenvalue weighted by Crippen LogP contribution is -2.04. The van der Waals surface area contributed by atoms with Gasteiger partial charge in [0.25, 0.3) is 0 Å². The normalized spacial score (nSPS) is 11.1. The molecule has 4 rings (SSSR count). The van der Waals surface area contributed by atoms with Gasteiger partial charge in [-0.1, -0.05) is 48.5 Å². The number of aryl methyl sites for hydroxylation is 1. The Balaban J connectivity index is 2.08. The van der Waals surface area contributed by atoms with Crippen molar-refractivity contribution >= 4 is 21.7 Å². The maximum absolute atomic E-state index is 12.3. The highest BCUT2D eigenvalue weighted by Crippen LogP contribution is 2.27. The second kappa shape index (κ2) is 4.81. The van der Waals surface area contributed by atoms with Gasteiger partial charge in [0.05, 0.1) is 10.9 Å². The molecule has 0 spiro atoms. The van der Waals surface area contributed by atoms with E-state index in [2.05, 4.69) is 4.98 Å². The van der Waals surface area contributed by atoms with E-state index < -0.39 is 0 Å². The second-order valence-corrected chi connectivity index (χ2v) is 5.30. The van der Waals surface area contributed by atoms with E-state index in [9.17, 15) is 4.79 Å². The molecule has 106 valence electrons. The van der Waals surface area contributed by atoms with Crippen LogP contribution in [0.2, 0.25) is 0 Å². The fraction of sp³-hybridized carbons (Fsp3) is 0.0526. The average Bonchev–Trinajstić information content (AvgIpc) is 2.54. The number of fused-ring (bicyclic) bond motifs is 2. The van der Waals surface area contributed by atoms with Gasteiger partial charge in [-0.25, -0.2) is 9.78 Å². The van der Waals surface area contributed by atoms with E-state index in [0.29, 0.717) is 16.8 Å². The maximum Gasteiger partial charge on any atom is 0.347 e. The Morgan fingerprint density at radius 2 is 1.68 bits per heavy atom. The molecule has 0 aliphatic rings. The Hall–Kier alpha value is -2.94. The van der Waals surface area contributed by atoms with Crippen molar-refractivity contribution in [1.82, 2.24) is 4.98 Å². The van der Waals surface area contributed by atoms with Gasteiger partial charge in [0, 0.05) is 5.56 Å². The molecule has 0 aliphatic carbocycles. The molecule has 0 saturated heterocycles. The number of rotatable bonds is 1. The van der Waals surface area contributed by atoms with E-state index in [4.69, 9.17) is 4.42 Å². The zero-order chi connectivity index (χ0) is 15.1. The van der Waals surface area contributed by atoms with Crippen LogP contribution in [-0.2, 0) is 0 Å². The standard InChI is InChI=1S/C19H13NO2/c1-12-6-4-11-16-17(12)19(21)22-18(20-16)15-10-5-8-13-7-2-3-9-14(13)15/h2-11H,1H3. The van der Waals surface area contributed by atoms with Gasteiger partial charge in [-0.05, 0) is 35.4 Å². The van der Waals surface area contributed by atoms with Gasteiger partial charge in [0.1, 0.15) is 0 Å². The first kappa shape index (κ1) is 12.8. The largest absolute Gasteiger partial charge is 0.403 e. The van der Waals surface area contributed by atoms with E-state index in [1.165, 1.54) is 0 Å². The molecule has 0 saturated carbocycles. The number of aromatic nitrogens is 1. The van der Waals surface area contributed by atoms with Gasteiger partial charge in [-0.2, -0.15) is 0 Å². The summed E-state index contributed by atoms with van der Waals surface area (Å²) in [6, 6.07) is 19.5. The van der Waals surface area contributed by atoms with Crippen LogP contribution in [0.1, 0.15) is 5.56 Å². The highest BCUT2D eigenvalue weighted by atomic mass is 16.4. The van der Waals surface area contributed by atoms with E-state index in [-0.39, 0.29) is 5.63 Å². The van der Waals surface area contributed by atoms with Crippen molar-refractivity contribution in [2.45, 2.75) is 6.92 Å². The van der Waals surface area contributed by atoms with Crippen LogP contribution in [0.25, 0.3) is 33.1 Å². The van der Waals surface area contributed by atoms with E-state index in [0.717, 1.165) is 21.9 Å². The van der Waals surface area contributed by atoms with E-state index in [1.54, 1.807) is 0 Å². The first-order valence-corrected chi connectivity index (χ1v) is 7.12. The van der Waals surface area contributed by atoms with Gasteiger partial charge in [-0.15, -0.1) is 0 Å². The smallest absolute Gasteiger partial charge is 0.347 e. The summed E-state index contributed by atoms with van der Waals surface area (Å²) >= 11 is 0. The minimum atomic E-state index is -0.342. The lowest BCUT2D eigenvalue weighted by atomic mass is 10.0. The third-order valence-corrected chi connectivity index (χ3v) is 3.89. The average molecular weight is 287 g/mol. The first-order valence-electron chi connectivity index (χ1n) is 7.12. The lowest BCUT2D eigenvalue weighted by molar-refractivity contribution is 0.518. The van der Waals surface area contributed by atoms with Crippen molar-refractivity contribution in [1.29, 1.82) is 0 Å². The van der Waals surface area contributed by atoms with Crippen LogP contribution in [0, 0.1) is 6.92 Å². The van der Waals surface area contributed by atoms with Crippen molar-refractivity contribution in [3.05, 3.63) is 76.6 Å². The topological polar surface area (TPSA) is 43.1 Å². The van der Waals surface area contributed by atoms with Crippen molar-refractivity contribution in [3.8, 4) is 11.5 Å². The van der Waals surface area contributed by atoms with Gasteiger partial charge in [0.15, 0.2) is 0 Å². The summed E-state index contributed by atoms with van der Waals surface area (Å²) in [5, 5.41) is 2.66. The molecule has 0 aliphatic heterocycles. The summed E-state index contributed by atoms with van der Waals surface area (Å²) in [6.45, 7) is 1.89. The SMILES string of the molecule is Cc1cccc2nc(-c3cccc4ccccc34)oc(=O)c12. The fourth-order valence-electron chi connectivity index (χ4n) is 2.81. The molecule has 3 nitrogen and oxygen atoms in total. The quantitative estimate of drug-likeness (QED) is 0.523. The molecule has 0 radical (unpaired) electrons. The van der Waals surface area contributed by atoms with Crippen LogP contribution in [0.3, 0.4) is 0 Å². The molecular weight excluding hydrogens is 274 g/mol. The molecule has 0 atom stereocenters. The Labute approximate surface area is 126 Å². The summed E-state index contributed by atoms with van der Waals surface area (Å²) in [6.07, 6.45) is 0. The molecule has 0 bridgehead atoms. The van der Waals surface area contributed by atoms with Gasteiger partial charge in [-0.3, -0.25) is 0 Å². The summed E-state index contributed by atoms with van der Waals surface area (Å²) in [5.74, 6) is 0.361. The predicted molar refractivity (Wildman–Crippen MR) is 88.0 cm³/mol. The monoisotopic (exact) mass is 287 g/mol. The first-order chi connectivity index (χ1) is 10.7. The fourth-order valence-corrected chi connectivity index (χ4v) is 2.81. The molecule has 3 heteroatoms. The van der Waals surface area contributed by atoms with E-state index >= 15 is 0 Å². The summed E-state index contributed by atoms with van der Waals surface area (Å²) in [5.41, 5.74) is 2.03. The summed E-state index contributed by atoms with van der Waals surface area (Å²) in [7, 11) is 0. The molecule has 0 fully saturated rings. The molecular formula is C19H13NO2. The van der Waals surface area contributed by atoms with Crippen LogP contribution >= 0.6 is 0 Å². The molecule has 22 heavy (non-hydrogen) atoms. The molecule has 4 aromatic rings. The zero-order valence-electron chi connectivity index (χ0n) is 12.0.